The Hall–Kier alpha value is -2.47. The first kappa shape index (κ1) is 19.3. The maximum atomic E-state index is 12.5. The van der Waals surface area contributed by atoms with Crippen LogP contribution in [0.4, 0.5) is 5.82 Å². The molecule has 0 aliphatic carbocycles. The second kappa shape index (κ2) is 8.95. The Morgan fingerprint density at radius 1 is 1.04 bits per heavy atom. The molecule has 3 rings (SSSR count). The third-order valence-corrected chi connectivity index (χ3v) is 4.96. The van der Waals surface area contributed by atoms with E-state index in [1.165, 1.54) is 0 Å². The number of carbonyl (C=O) groups is 1. The average molecular weight is 368 g/mol. The monoisotopic (exact) mass is 368 g/mol. The molecule has 0 N–H and O–H groups in total. The molecule has 1 aliphatic rings. The van der Waals surface area contributed by atoms with E-state index in [0.29, 0.717) is 13.2 Å². The van der Waals surface area contributed by atoms with Gasteiger partial charge in [0.1, 0.15) is 18.2 Å². The van der Waals surface area contributed by atoms with Crippen molar-refractivity contribution in [1.82, 2.24) is 14.9 Å². The van der Waals surface area contributed by atoms with Gasteiger partial charge in [0.25, 0.3) is 0 Å². The lowest BCUT2D eigenvalue weighted by Crippen LogP contribution is -2.37. The van der Waals surface area contributed by atoms with Crippen molar-refractivity contribution in [3.8, 4) is 0 Å². The number of benzene rings is 1. The van der Waals surface area contributed by atoms with Gasteiger partial charge in [0.15, 0.2) is 0 Å². The van der Waals surface area contributed by atoms with Crippen molar-refractivity contribution in [1.29, 1.82) is 0 Å². The highest BCUT2D eigenvalue weighted by Crippen LogP contribution is 2.21. The summed E-state index contributed by atoms with van der Waals surface area (Å²) in [5, 5.41) is 0. The molecular weight excluding hydrogens is 340 g/mol. The molecule has 2 heterocycles. The number of carbonyl (C=O) groups excluding carboxylic acids is 1. The lowest BCUT2D eigenvalue weighted by Gasteiger charge is -2.25. The molecule has 1 aliphatic heterocycles. The van der Waals surface area contributed by atoms with Crippen molar-refractivity contribution in [3.63, 3.8) is 0 Å². The van der Waals surface area contributed by atoms with E-state index >= 15 is 0 Å². The van der Waals surface area contributed by atoms with Crippen molar-refractivity contribution < 1.29 is 9.53 Å². The summed E-state index contributed by atoms with van der Waals surface area (Å²) < 4.78 is 5.61. The van der Waals surface area contributed by atoms with Gasteiger partial charge >= 0.3 is 0 Å². The summed E-state index contributed by atoms with van der Waals surface area (Å²) >= 11 is 0. The van der Waals surface area contributed by atoms with Gasteiger partial charge in [0.05, 0.1) is 6.61 Å². The van der Waals surface area contributed by atoms with Crippen molar-refractivity contribution in [2.24, 2.45) is 0 Å². The van der Waals surface area contributed by atoms with Gasteiger partial charge in [-0.1, -0.05) is 30.3 Å². The minimum absolute atomic E-state index is 0.0551. The van der Waals surface area contributed by atoms with E-state index in [1.807, 2.05) is 49.1 Å². The molecule has 0 bridgehead atoms. The Labute approximate surface area is 161 Å². The van der Waals surface area contributed by atoms with E-state index in [-0.39, 0.29) is 12.5 Å². The highest BCUT2D eigenvalue weighted by Gasteiger charge is 2.21. The smallest absolute Gasteiger partial charge is 0.248 e. The molecular formula is C21H28N4O2. The fourth-order valence-corrected chi connectivity index (χ4v) is 3.36. The second-order valence-electron chi connectivity index (χ2n) is 7.00. The first-order valence-corrected chi connectivity index (χ1v) is 9.51. The fraction of sp³-hybridized carbons (Fsp3) is 0.476. The molecule has 1 saturated heterocycles. The van der Waals surface area contributed by atoms with Crippen LogP contribution in [0.5, 0.6) is 0 Å². The summed E-state index contributed by atoms with van der Waals surface area (Å²) in [5.74, 6) is 1.84. The molecule has 0 saturated carbocycles. The first-order valence-electron chi connectivity index (χ1n) is 9.51. The molecule has 1 aromatic carbocycles. The van der Waals surface area contributed by atoms with Gasteiger partial charge in [-0.15, -0.1) is 0 Å². The molecule has 1 fully saturated rings. The highest BCUT2D eigenvalue weighted by atomic mass is 16.5. The normalized spacial score (nSPS) is 14.9. The van der Waals surface area contributed by atoms with Crippen molar-refractivity contribution in [2.75, 3.05) is 37.7 Å². The Balaban J connectivity index is 1.54. The predicted octanol–water partition coefficient (Wildman–Crippen LogP) is 2.66. The number of nitrogens with zero attached hydrogens (tertiary/aromatic N) is 4. The third kappa shape index (κ3) is 5.04. The van der Waals surface area contributed by atoms with Gasteiger partial charge in [0, 0.05) is 37.4 Å². The number of ether oxygens (including phenoxy) is 1. The van der Waals surface area contributed by atoms with Crippen LogP contribution >= 0.6 is 0 Å². The molecule has 27 heavy (non-hydrogen) atoms. The average Bonchev–Trinajstić information content (AvgIpc) is 2.91. The zero-order chi connectivity index (χ0) is 19.2. The van der Waals surface area contributed by atoms with Crippen molar-refractivity contribution in [3.05, 3.63) is 53.0 Å². The molecule has 0 radical (unpaired) electrons. The van der Waals surface area contributed by atoms with E-state index < -0.39 is 0 Å². The van der Waals surface area contributed by atoms with Crippen LogP contribution in [0.2, 0.25) is 0 Å². The molecule has 6 nitrogen and oxygen atoms in total. The first-order chi connectivity index (χ1) is 13.0. The Morgan fingerprint density at radius 2 is 1.81 bits per heavy atom. The number of anilines is 1. The summed E-state index contributed by atoms with van der Waals surface area (Å²) in [6, 6.07) is 9.93. The predicted molar refractivity (Wildman–Crippen MR) is 106 cm³/mol. The van der Waals surface area contributed by atoms with E-state index in [2.05, 4.69) is 21.8 Å². The van der Waals surface area contributed by atoms with Gasteiger partial charge in [-0.05, 0) is 32.8 Å². The van der Waals surface area contributed by atoms with Crippen molar-refractivity contribution in [2.45, 2.75) is 33.8 Å². The van der Waals surface area contributed by atoms with E-state index in [0.717, 1.165) is 54.5 Å². The highest BCUT2D eigenvalue weighted by molar-refractivity contribution is 5.77. The number of aryl methyl sites for hydroxylation is 2. The number of aromatic nitrogens is 2. The summed E-state index contributed by atoms with van der Waals surface area (Å²) in [4.78, 5) is 25.8. The van der Waals surface area contributed by atoms with Gasteiger partial charge in [-0.25, -0.2) is 9.97 Å². The molecule has 1 aromatic heterocycles. The number of amides is 1. The van der Waals surface area contributed by atoms with Crippen LogP contribution in [-0.2, 0) is 16.1 Å². The summed E-state index contributed by atoms with van der Waals surface area (Å²) in [5.41, 5.74) is 3.22. The molecule has 0 unspecified atom stereocenters. The Bertz CT molecular complexity index is 779. The molecule has 0 spiro atoms. The molecule has 144 valence electrons. The third-order valence-electron chi connectivity index (χ3n) is 4.96. The van der Waals surface area contributed by atoms with Crippen LogP contribution < -0.4 is 4.90 Å². The molecule has 6 heteroatoms. The quantitative estimate of drug-likeness (QED) is 0.812. The van der Waals surface area contributed by atoms with E-state index in [9.17, 15) is 4.79 Å². The lowest BCUT2D eigenvalue weighted by atomic mass is 10.2. The molecule has 2 aromatic rings. The zero-order valence-electron chi connectivity index (χ0n) is 16.4. The largest absolute Gasteiger partial charge is 0.367 e. The van der Waals surface area contributed by atoms with E-state index in [1.54, 1.807) is 0 Å². The fourth-order valence-electron chi connectivity index (χ4n) is 3.36. The van der Waals surface area contributed by atoms with Crippen LogP contribution in [0.15, 0.2) is 30.3 Å². The lowest BCUT2D eigenvalue weighted by molar-refractivity contribution is -0.136. The van der Waals surface area contributed by atoms with Crippen LogP contribution in [0.25, 0.3) is 0 Å². The summed E-state index contributed by atoms with van der Waals surface area (Å²) in [7, 11) is 0. The van der Waals surface area contributed by atoms with Crippen LogP contribution in [0, 0.1) is 20.8 Å². The zero-order valence-corrected chi connectivity index (χ0v) is 16.4. The second-order valence-corrected chi connectivity index (χ2v) is 7.00. The standard InChI is InChI=1S/C21H28N4O2/c1-16-17(2)22-18(3)23-21(16)25-11-7-10-24(12-13-25)20(26)15-27-14-19-8-5-4-6-9-19/h4-6,8-9H,7,10-15H2,1-3H3. The van der Waals surface area contributed by atoms with Gasteiger partial charge in [-0.2, -0.15) is 0 Å². The van der Waals surface area contributed by atoms with Crippen LogP contribution in [0.1, 0.15) is 29.1 Å². The minimum Gasteiger partial charge on any atom is -0.367 e. The van der Waals surface area contributed by atoms with Crippen molar-refractivity contribution >= 4 is 11.7 Å². The maximum Gasteiger partial charge on any atom is 0.248 e. The summed E-state index contributed by atoms with van der Waals surface area (Å²) in [6.07, 6.45) is 0.923. The Morgan fingerprint density at radius 3 is 2.59 bits per heavy atom. The Kier molecular flexibility index (Phi) is 6.40. The molecule has 1 amide bonds. The summed E-state index contributed by atoms with van der Waals surface area (Å²) in [6.45, 7) is 9.72. The maximum absolute atomic E-state index is 12.5. The number of rotatable bonds is 5. The van der Waals surface area contributed by atoms with Gasteiger partial charge in [0.2, 0.25) is 5.91 Å². The van der Waals surface area contributed by atoms with Crippen LogP contribution in [-0.4, -0.2) is 53.6 Å². The van der Waals surface area contributed by atoms with Gasteiger partial charge in [-0.3, -0.25) is 4.79 Å². The minimum atomic E-state index is 0.0551. The number of hydrogen-bond donors (Lipinski definition) is 0. The SMILES string of the molecule is Cc1nc(C)c(C)c(N2CCCN(C(=O)COCc3ccccc3)CC2)n1. The van der Waals surface area contributed by atoms with Crippen LogP contribution in [0.3, 0.4) is 0 Å². The topological polar surface area (TPSA) is 58.6 Å². The van der Waals surface area contributed by atoms with Gasteiger partial charge < -0.3 is 14.5 Å². The number of hydrogen-bond acceptors (Lipinski definition) is 5. The molecule has 0 atom stereocenters. The van der Waals surface area contributed by atoms with E-state index in [4.69, 9.17) is 4.74 Å².